The van der Waals surface area contributed by atoms with Crippen molar-refractivity contribution in [2.45, 2.75) is 6.92 Å². The van der Waals surface area contributed by atoms with Crippen LogP contribution in [0.2, 0.25) is 0 Å². The average Bonchev–Trinajstić information content (AvgIpc) is 2.04. The van der Waals surface area contributed by atoms with Crippen molar-refractivity contribution in [3.63, 3.8) is 0 Å². The number of aryl methyl sites for hydroxylation is 1. The van der Waals surface area contributed by atoms with Gasteiger partial charge in [0.25, 0.3) is 0 Å². The summed E-state index contributed by atoms with van der Waals surface area (Å²) in [4.78, 5) is 0. The highest BCUT2D eigenvalue weighted by atomic mass is 15.1. The maximum absolute atomic E-state index is 5.27. The fourth-order valence-corrected chi connectivity index (χ4v) is 0.687. The summed E-state index contributed by atoms with van der Waals surface area (Å²) in [6.07, 6.45) is 3.70. The Bertz CT molecular complexity index is 238. The van der Waals surface area contributed by atoms with Gasteiger partial charge in [0, 0.05) is 6.54 Å². The fourth-order valence-electron chi connectivity index (χ4n) is 0.687. The lowest BCUT2D eigenvalue weighted by molar-refractivity contribution is 0.969. The van der Waals surface area contributed by atoms with Crippen LogP contribution in [0.4, 0.5) is 0 Å². The maximum Gasteiger partial charge on any atom is 0.0854 e. The molecule has 0 bridgehead atoms. The van der Waals surface area contributed by atoms with Gasteiger partial charge in [-0.05, 0) is 25.1 Å². The highest BCUT2D eigenvalue weighted by Crippen LogP contribution is 1.96. The molecule has 0 unspecified atom stereocenters. The molecule has 3 heteroatoms. The van der Waals surface area contributed by atoms with Gasteiger partial charge in [0.1, 0.15) is 0 Å². The SMILES string of the molecule is Cc1ccc(C=CCN)nn1. The van der Waals surface area contributed by atoms with Crippen molar-refractivity contribution in [1.82, 2.24) is 10.2 Å². The van der Waals surface area contributed by atoms with E-state index in [0.29, 0.717) is 6.54 Å². The molecule has 1 aromatic heterocycles. The van der Waals surface area contributed by atoms with Gasteiger partial charge in [0.15, 0.2) is 0 Å². The zero-order chi connectivity index (χ0) is 8.10. The Hall–Kier alpha value is -1.22. The van der Waals surface area contributed by atoms with Gasteiger partial charge >= 0.3 is 0 Å². The third-order valence-corrected chi connectivity index (χ3v) is 1.24. The smallest absolute Gasteiger partial charge is 0.0854 e. The Labute approximate surface area is 65.9 Å². The van der Waals surface area contributed by atoms with Crippen LogP contribution < -0.4 is 5.73 Å². The molecule has 0 aliphatic rings. The number of rotatable bonds is 2. The topological polar surface area (TPSA) is 51.8 Å². The summed E-state index contributed by atoms with van der Waals surface area (Å²) in [5.41, 5.74) is 7.05. The van der Waals surface area contributed by atoms with E-state index in [-0.39, 0.29) is 0 Å². The first-order valence-electron chi connectivity index (χ1n) is 3.50. The number of nitrogens with two attached hydrogens (primary N) is 1. The molecule has 0 spiro atoms. The van der Waals surface area contributed by atoms with Crippen molar-refractivity contribution in [3.8, 4) is 0 Å². The van der Waals surface area contributed by atoms with E-state index in [1.54, 1.807) is 0 Å². The molecule has 1 aromatic rings. The Morgan fingerprint density at radius 3 is 2.82 bits per heavy atom. The van der Waals surface area contributed by atoms with Gasteiger partial charge in [-0.1, -0.05) is 6.08 Å². The highest BCUT2D eigenvalue weighted by molar-refractivity contribution is 5.43. The first-order valence-corrected chi connectivity index (χ1v) is 3.50. The van der Waals surface area contributed by atoms with Crippen LogP contribution in [0.1, 0.15) is 11.4 Å². The van der Waals surface area contributed by atoms with Gasteiger partial charge in [0.2, 0.25) is 0 Å². The van der Waals surface area contributed by atoms with Gasteiger partial charge in [0.05, 0.1) is 11.4 Å². The molecule has 0 saturated carbocycles. The Kier molecular flexibility index (Phi) is 2.74. The van der Waals surface area contributed by atoms with E-state index in [1.807, 2.05) is 31.2 Å². The van der Waals surface area contributed by atoms with Crippen LogP contribution in [0, 0.1) is 6.92 Å². The van der Waals surface area contributed by atoms with Gasteiger partial charge < -0.3 is 5.73 Å². The van der Waals surface area contributed by atoms with Crippen LogP contribution in [0.25, 0.3) is 6.08 Å². The van der Waals surface area contributed by atoms with Crippen molar-refractivity contribution in [1.29, 1.82) is 0 Å². The van der Waals surface area contributed by atoms with Crippen LogP contribution in [0.3, 0.4) is 0 Å². The first kappa shape index (κ1) is 7.88. The summed E-state index contributed by atoms with van der Waals surface area (Å²) in [6, 6.07) is 3.83. The highest BCUT2D eigenvalue weighted by Gasteiger charge is 1.87. The van der Waals surface area contributed by atoms with Crippen molar-refractivity contribution < 1.29 is 0 Å². The molecule has 0 saturated heterocycles. The van der Waals surface area contributed by atoms with Gasteiger partial charge in [-0.15, -0.1) is 0 Å². The molecule has 0 aromatic carbocycles. The molecule has 0 radical (unpaired) electrons. The standard InChI is InChI=1S/C8H11N3/c1-7-4-5-8(11-10-7)3-2-6-9/h2-5H,6,9H2,1H3. The molecule has 2 N–H and O–H groups in total. The lowest BCUT2D eigenvalue weighted by Crippen LogP contribution is -1.93. The van der Waals surface area contributed by atoms with Gasteiger partial charge in [-0.25, -0.2) is 0 Å². The zero-order valence-electron chi connectivity index (χ0n) is 6.49. The Balaban J connectivity index is 2.73. The van der Waals surface area contributed by atoms with Crippen molar-refractivity contribution in [2.24, 2.45) is 5.73 Å². The summed E-state index contributed by atoms with van der Waals surface area (Å²) < 4.78 is 0. The van der Waals surface area contributed by atoms with Crippen molar-refractivity contribution >= 4 is 6.08 Å². The van der Waals surface area contributed by atoms with Crippen molar-refractivity contribution in [2.75, 3.05) is 6.54 Å². The summed E-state index contributed by atoms with van der Waals surface area (Å²) >= 11 is 0. The zero-order valence-corrected chi connectivity index (χ0v) is 6.49. The first-order chi connectivity index (χ1) is 5.33. The van der Waals surface area contributed by atoms with Crippen LogP contribution in [-0.2, 0) is 0 Å². The monoisotopic (exact) mass is 149 g/mol. The normalized spacial score (nSPS) is 10.7. The molecule has 58 valence electrons. The maximum atomic E-state index is 5.27. The van der Waals surface area contributed by atoms with E-state index >= 15 is 0 Å². The minimum atomic E-state index is 0.537. The summed E-state index contributed by atoms with van der Waals surface area (Å²) in [6.45, 7) is 2.44. The second-order valence-corrected chi connectivity index (χ2v) is 2.24. The van der Waals surface area contributed by atoms with Crippen molar-refractivity contribution in [3.05, 3.63) is 29.6 Å². The molecule has 3 nitrogen and oxygen atoms in total. The third kappa shape index (κ3) is 2.47. The number of hydrogen-bond donors (Lipinski definition) is 1. The van der Waals surface area contributed by atoms with Crippen LogP contribution in [0.15, 0.2) is 18.2 Å². The lowest BCUT2D eigenvalue weighted by atomic mass is 10.3. The van der Waals surface area contributed by atoms with E-state index in [4.69, 9.17) is 5.73 Å². The molecule has 0 atom stereocenters. The fraction of sp³-hybridized carbons (Fsp3) is 0.250. The molecule has 0 amide bonds. The second kappa shape index (κ2) is 3.83. The molecule has 1 rings (SSSR count). The van der Waals surface area contributed by atoms with E-state index in [1.165, 1.54) is 0 Å². The predicted molar refractivity (Wildman–Crippen MR) is 44.9 cm³/mol. The second-order valence-electron chi connectivity index (χ2n) is 2.24. The van der Waals surface area contributed by atoms with Crippen LogP contribution >= 0.6 is 0 Å². The predicted octanol–water partition coefficient (Wildman–Crippen LogP) is 0.757. The number of nitrogens with zero attached hydrogens (tertiary/aromatic N) is 2. The molecule has 0 aliphatic heterocycles. The minimum absolute atomic E-state index is 0.537. The Morgan fingerprint density at radius 1 is 1.45 bits per heavy atom. The quantitative estimate of drug-likeness (QED) is 0.675. The van der Waals surface area contributed by atoms with Gasteiger partial charge in [-0.2, -0.15) is 10.2 Å². The molecule has 11 heavy (non-hydrogen) atoms. The van der Waals surface area contributed by atoms with E-state index in [2.05, 4.69) is 10.2 Å². The molecular weight excluding hydrogens is 138 g/mol. The summed E-state index contributed by atoms with van der Waals surface area (Å²) in [5.74, 6) is 0. The average molecular weight is 149 g/mol. The molecular formula is C8H11N3. The lowest BCUT2D eigenvalue weighted by Gasteiger charge is -1.90. The number of aromatic nitrogens is 2. The number of hydrogen-bond acceptors (Lipinski definition) is 3. The van der Waals surface area contributed by atoms with E-state index < -0.39 is 0 Å². The molecule has 0 fully saturated rings. The summed E-state index contributed by atoms with van der Waals surface area (Å²) in [7, 11) is 0. The van der Waals surface area contributed by atoms with Crippen LogP contribution in [-0.4, -0.2) is 16.7 Å². The Morgan fingerprint density at radius 2 is 2.27 bits per heavy atom. The van der Waals surface area contributed by atoms with E-state index in [9.17, 15) is 0 Å². The van der Waals surface area contributed by atoms with Gasteiger partial charge in [-0.3, -0.25) is 0 Å². The summed E-state index contributed by atoms with van der Waals surface area (Å²) in [5, 5.41) is 7.81. The van der Waals surface area contributed by atoms with E-state index in [0.717, 1.165) is 11.4 Å². The molecule has 0 aliphatic carbocycles. The largest absolute Gasteiger partial charge is 0.327 e. The van der Waals surface area contributed by atoms with Crippen LogP contribution in [0.5, 0.6) is 0 Å². The molecule has 1 heterocycles. The third-order valence-electron chi connectivity index (χ3n) is 1.24. The minimum Gasteiger partial charge on any atom is -0.327 e.